The van der Waals surface area contributed by atoms with Crippen molar-refractivity contribution in [3.63, 3.8) is 0 Å². The second-order valence-electron chi connectivity index (χ2n) is 1.97. The van der Waals surface area contributed by atoms with Crippen molar-refractivity contribution in [1.29, 1.82) is 0 Å². The highest BCUT2D eigenvalue weighted by Crippen LogP contribution is 1.82. The number of rotatable bonds is 4. The molecule has 0 aliphatic heterocycles. The summed E-state index contributed by atoms with van der Waals surface area (Å²) < 4.78 is 0. The molecule has 0 aliphatic carbocycles. The first-order valence-electron chi connectivity index (χ1n) is 2.82. The fraction of sp³-hybridized carbons (Fsp3) is 1.00. The van der Waals surface area contributed by atoms with Gasteiger partial charge in [-0.15, -0.1) is 0 Å². The van der Waals surface area contributed by atoms with Crippen LogP contribution in [0.25, 0.3) is 0 Å². The van der Waals surface area contributed by atoms with Gasteiger partial charge in [-0.1, -0.05) is 0 Å². The van der Waals surface area contributed by atoms with E-state index in [2.05, 4.69) is 0 Å². The molecule has 0 atom stereocenters. The Balaban J connectivity index is 3.15. The number of hydrogen-bond acceptors (Lipinski definition) is 4. The SMILES string of the molecule is CN(CCO)CC(O)O. The maximum absolute atomic E-state index is 8.38. The molecule has 0 aromatic rings. The van der Waals surface area contributed by atoms with Crippen LogP contribution in [0.1, 0.15) is 0 Å². The van der Waals surface area contributed by atoms with Gasteiger partial charge in [0.15, 0.2) is 6.29 Å². The van der Waals surface area contributed by atoms with Gasteiger partial charge in [0.1, 0.15) is 0 Å². The van der Waals surface area contributed by atoms with Gasteiger partial charge in [-0.25, -0.2) is 0 Å². The van der Waals surface area contributed by atoms with Crippen LogP contribution in [0.5, 0.6) is 0 Å². The van der Waals surface area contributed by atoms with Gasteiger partial charge in [-0.2, -0.15) is 0 Å². The van der Waals surface area contributed by atoms with Crippen LogP contribution in [0.4, 0.5) is 0 Å². The molecule has 0 rings (SSSR count). The van der Waals surface area contributed by atoms with Gasteiger partial charge in [-0.05, 0) is 7.05 Å². The van der Waals surface area contributed by atoms with Crippen molar-refractivity contribution in [2.45, 2.75) is 6.29 Å². The van der Waals surface area contributed by atoms with E-state index in [0.29, 0.717) is 6.54 Å². The number of aliphatic hydroxyl groups is 3. The lowest BCUT2D eigenvalue weighted by Gasteiger charge is -2.15. The molecule has 0 fully saturated rings. The molecule has 0 aliphatic rings. The molecule has 4 nitrogen and oxygen atoms in total. The van der Waals surface area contributed by atoms with Gasteiger partial charge < -0.3 is 15.3 Å². The summed E-state index contributed by atoms with van der Waals surface area (Å²) in [6, 6.07) is 0. The van der Waals surface area contributed by atoms with E-state index in [4.69, 9.17) is 15.3 Å². The molecule has 0 heterocycles. The van der Waals surface area contributed by atoms with Crippen molar-refractivity contribution in [3.8, 4) is 0 Å². The minimum Gasteiger partial charge on any atom is -0.395 e. The molecular weight excluding hydrogens is 122 g/mol. The van der Waals surface area contributed by atoms with Crippen LogP contribution in [0.15, 0.2) is 0 Å². The van der Waals surface area contributed by atoms with E-state index in [0.717, 1.165) is 0 Å². The Hall–Kier alpha value is -0.160. The highest BCUT2D eigenvalue weighted by molar-refractivity contribution is 4.49. The molecule has 0 spiro atoms. The van der Waals surface area contributed by atoms with Gasteiger partial charge in [0.25, 0.3) is 0 Å². The van der Waals surface area contributed by atoms with E-state index in [1.165, 1.54) is 0 Å². The third-order valence-corrected chi connectivity index (χ3v) is 0.957. The Kier molecular flexibility index (Phi) is 4.61. The second-order valence-corrected chi connectivity index (χ2v) is 1.97. The third kappa shape index (κ3) is 5.72. The van der Waals surface area contributed by atoms with E-state index < -0.39 is 6.29 Å². The molecule has 0 aromatic heterocycles. The van der Waals surface area contributed by atoms with Gasteiger partial charge in [0, 0.05) is 13.1 Å². The van der Waals surface area contributed by atoms with E-state index >= 15 is 0 Å². The van der Waals surface area contributed by atoms with Gasteiger partial charge >= 0.3 is 0 Å². The number of nitrogens with zero attached hydrogens (tertiary/aromatic N) is 1. The number of hydrogen-bond donors (Lipinski definition) is 3. The van der Waals surface area contributed by atoms with Crippen molar-refractivity contribution in [3.05, 3.63) is 0 Å². The fourth-order valence-corrected chi connectivity index (χ4v) is 0.541. The molecule has 0 unspecified atom stereocenters. The summed E-state index contributed by atoms with van der Waals surface area (Å²) >= 11 is 0. The van der Waals surface area contributed by atoms with Crippen molar-refractivity contribution < 1.29 is 15.3 Å². The molecule has 4 heteroatoms. The monoisotopic (exact) mass is 135 g/mol. The van der Waals surface area contributed by atoms with Gasteiger partial charge in [0.05, 0.1) is 6.61 Å². The van der Waals surface area contributed by atoms with Crippen molar-refractivity contribution in [2.24, 2.45) is 0 Å². The van der Waals surface area contributed by atoms with Crippen molar-refractivity contribution >= 4 is 0 Å². The van der Waals surface area contributed by atoms with Crippen LogP contribution in [-0.2, 0) is 0 Å². The van der Waals surface area contributed by atoms with Crippen LogP contribution >= 0.6 is 0 Å². The van der Waals surface area contributed by atoms with Gasteiger partial charge in [0.2, 0.25) is 0 Å². The van der Waals surface area contributed by atoms with Crippen LogP contribution < -0.4 is 0 Å². The zero-order chi connectivity index (χ0) is 7.28. The Morgan fingerprint density at radius 1 is 1.44 bits per heavy atom. The average Bonchev–Trinajstić information content (AvgIpc) is 1.63. The standard InChI is InChI=1S/C5H13NO3/c1-6(2-3-7)4-5(8)9/h5,7-9H,2-4H2,1H3. The summed E-state index contributed by atoms with van der Waals surface area (Å²) in [4.78, 5) is 1.63. The third-order valence-electron chi connectivity index (χ3n) is 0.957. The zero-order valence-electron chi connectivity index (χ0n) is 5.49. The van der Waals surface area contributed by atoms with Crippen LogP contribution in [0.3, 0.4) is 0 Å². The Morgan fingerprint density at radius 3 is 2.33 bits per heavy atom. The smallest absolute Gasteiger partial charge is 0.164 e. The predicted molar refractivity (Wildman–Crippen MR) is 32.8 cm³/mol. The lowest BCUT2D eigenvalue weighted by molar-refractivity contribution is -0.0585. The Bertz CT molecular complexity index is 67.2. The van der Waals surface area contributed by atoms with Crippen molar-refractivity contribution in [2.75, 3.05) is 26.7 Å². The highest BCUT2D eigenvalue weighted by atomic mass is 16.5. The Morgan fingerprint density at radius 2 is 2.00 bits per heavy atom. The summed E-state index contributed by atoms with van der Waals surface area (Å²) in [5, 5.41) is 25.1. The van der Waals surface area contributed by atoms with Crippen LogP contribution in [0.2, 0.25) is 0 Å². The summed E-state index contributed by atoms with van der Waals surface area (Å²) in [6.45, 7) is 0.696. The first-order chi connectivity index (χ1) is 4.16. The molecular formula is C5H13NO3. The van der Waals surface area contributed by atoms with Crippen LogP contribution in [-0.4, -0.2) is 53.3 Å². The lowest BCUT2D eigenvalue weighted by atomic mass is 10.5. The molecule has 0 saturated carbocycles. The zero-order valence-corrected chi connectivity index (χ0v) is 5.49. The van der Waals surface area contributed by atoms with Crippen molar-refractivity contribution in [1.82, 2.24) is 4.90 Å². The average molecular weight is 135 g/mol. The summed E-state index contributed by atoms with van der Waals surface area (Å²) in [6.07, 6.45) is -1.30. The summed E-state index contributed by atoms with van der Waals surface area (Å²) in [5.41, 5.74) is 0. The molecule has 0 saturated heterocycles. The molecule has 3 N–H and O–H groups in total. The molecule has 0 bridgehead atoms. The topological polar surface area (TPSA) is 63.9 Å². The quantitative estimate of drug-likeness (QED) is 0.399. The van der Waals surface area contributed by atoms with Crippen LogP contribution in [0, 0.1) is 0 Å². The van der Waals surface area contributed by atoms with E-state index in [9.17, 15) is 0 Å². The van der Waals surface area contributed by atoms with Gasteiger partial charge in [-0.3, -0.25) is 4.90 Å². The maximum atomic E-state index is 8.38. The first kappa shape index (κ1) is 8.84. The second kappa shape index (κ2) is 4.69. The van der Waals surface area contributed by atoms with E-state index in [1.807, 2.05) is 0 Å². The minimum atomic E-state index is -1.30. The largest absolute Gasteiger partial charge is 0.395 e. The molecule has 9 heavy (non-hydrogen) atoms. The first-order valence-corrected chi connectivity index (χ1v) is 2.82. The lowest BCUT2D eigenvalue weighted by Crippen LogP contribution is -2.30. The predicted octanol–water partition coefficient (Wildman–Crippen LogP) is -1.78. The molecule has 0 amide bonds. The minimum absolute atomic E-state index is 0.0449. The number of likely N-dealkylation sites (N-methyl/N-ethyl adjacent to an activating group) is 1. The van der Waals surface area contributed by atoms with E-state index in [-0.39, 0.29) is 13.2 Å². The number of aliphatic hydroxyl groups excluding tert-OH is 2. The Labute approximate surface area is 54.3 Å². The van der Waals surface area contributed by atoms with E-state index in [1.54, 1.807) is 11.9 Å². The maximum Gasteiger partial charge on any atom is 0.164 e. The normalized spacial score (nSPS) is 11.3. The summed E-state index contributed by atoms with van der Waals surface area (Å²) in [7, 11) is 1.70. The summed E-state index contributed by atoms with van der Waals surface area (Å²) in [5.74, 6) is 0. The highest BCUT2D eigenvalue weighted by Gasteiger charge is 2.01. The fourth-order valence-electron chi connectivity index (χ4n) is 0.541. The molecule has 0 aromatic carbocycles. The molecule has 0 radical (unpaired) electrons. The molecule has 56 valence electrons.